The Labute approximate surface area is 330 Å². The van der Waals surface area contributed by atoms with Crippen molar-refractivity contribution in [2.75, 3.05) is 97.7 Å². The average Bonchev–Trinajstić information content (AvgIpc) is 3.07. The molecule has 4 heterocycles. The molecule has 0 aromatic heterocycles. The monoisotopic (exact) mass is 768 g/mol. The zero-order valence-electron chi connectivity index (χ0n) is 37.4. The van der Waals surface area contributed by atoms with Gasteiger partial charge in [-0.25, -0.2) is 8.42 Å². The molecule has 4 rings (SSSR count). The number of piperidine rings is 4. The molecule has 53 heavy (non-hydrogen) atoms. The molecule has 0 aliphatic carbocycles. The Morgan fingerprint density at radius 3 is 1.28 bits per heavy atom. The van der Waals surface area contributed by atoms with Gasteiger partial charge < -0.3 is 24.7 Å². The van der Waals surface area contributed by atoms with Gasteiger partial charge in [0.2, 0.25) is 0 Å². The highest BCUT2D eigenvalue weighted by molar-refractivity contribution is 7.90. The second-order valence-corrected chi connectivity index (χ2v) is 22.9. The Morgan fingerprint density at radius 2 is 0.962 bits per heavy atom. The Balaban J connectivity index is 0.000000357. The highest BCUT2D eigenvalue weighted by Crippen LogP contribution is 2.36. The van der Waals surface area contributed by atoms with E-state index in [1.165, 1.54) is 96.9 Å². The number of β-amino-alcohol motifs (C(OH)–C–C–N with tert-alkyl or cyclic N) is 1. The van der Waals surface area contributed by atoms with E-state index in [-0.39, 0.29) is 0 Å². The summed E-state index contributed by atoms with van der Waals surface area (Å²) in [6, 6.07) is 2.21. The first-order valence-electron chi connectivity index (χ1n) is 21.5. The van der Waals surface area contributed by atoms with Crippen molar-refractivity contribution < 1.29 is 13.5 Å². The number of hydrogen-bond donors (Lipinski definition) is 1. The maximum atomic E-state index is 11.1. The Morgan fingerprint density at radius 1 is 0.623 bits per heavy atom. The molecule has 4 fully saturated rings. The summed E-state index contributed by atoms with van der Waals surface area (Å²) in [6.07, 6.45) is 12.4. The van der Waals surface area contributed by atoms with Gasteiger partial charge in [0, 0.05) is 32.3 Å². The molecule has 4 aliphatic rings. The van der Waals surface area contributed by atoms with E-state index in [4.69, 9.17) is 10.4 Å². The molecule has 4 aliphatic heterocycles. The molecule has 0 aromatic rings. The number of nitriles is 1. The Bertz CT molecular complexity index is 1090. The van der Waals surface area contributed by atoms with Crippen LogP contribution in [0.4, 0.5) is 0 Å². The molecule has 0 atom stereocenters. The zero-order valence-corrected chi connectivity index (χ0v) is 38.2. The molecule has 0 amide bonds. The van der Waals surface area contributed by atoms with Gasteiger partial charge in [0.15, 0.2) is 0 Å². The lowest BCUT2D eigenvalue weighted by atomic mass is 9.75. The van der Waals surface area contributed by atoms with Crippen LogP contribution in [0.1, 0.15) is 134 Å². The Kier molecular flexibility index (Phi) is 22.9. The lowest BCUT2D eigenvalue weighted by Crippen LogP contribution is -2.40. The van der Waals surface area contributed by atoms with Gasteiger partial charge in [-0.15, -0.1) is 0 Å². The fraction of sp³-hybridized carbons (Fsp3) is 0.977. The third-order valence-electron chi connectivity index (χ3n) is 12.9. The third kappa shape index (κ3) is 22.5. The van der Waals surface area contributed by atoms with Crippen molar-refractivity contribution in [2.45, 2.75) is 134 Å². The Hall–Kier alpha value is -0.760. The fourth-order valence-electron chi connectivity index (χ4n) is 8.41. The van der Waals surface area contributed by atoms with Crippen LogP contribution in [0.25, 0.3) is 0 Å². The second-order valence-electron chi connectivity index (χ2n) is 20.6. The molecule has 0 aromatic carbocycles. The minimum Gasteiger partial charge on any atom is -0.395 e. The van der Waals surface area contributed by atoms with Crippen LogP contribution in [0.15, 0.2) is 0 Å². The number of rotatable bonds is 8. The van der Waals surface area contributed by atoms with Crippen LogP contribution in [0, 0.1) is 57.2 Å². The van der Waals surface area contributed by atoms with Gasteiger partial charge in [0.25, 0.3) is 0 Å². The standard InChI is InChI=1S/C12H22N2.C12H25NO2S.C10H21NO.C10H21N/c1-12(2,3)11-5-9-14(10-6-11)8-4-7-13;1-12(2,3)11-5-7-13(8-6-11)9-10-16(4,14)15;1-9(2)10-3-5-11(6-4-10)7-8-12;1-10(2,3)9-5-7-11(4)8-6-9/h11H,4-6,8-10H2,1-3H3;11H,5-10H2,1-4H3;9-10,12H,3-8H2,1-2H3;9H,5-8H2,1-4H3. The van der Waals surface area contributed by atoms with Crippen LogP contribution in [-0.2, 0) is 9.84 Å². The predicted octanol–water partition coefficient (Wildman–Crippen LogP) is 8.17. The summed E-state index contributed by atoms with van der Waals surface area (Å²) in [7, 11) is -0.586. The van der Waals surface area contributed by atoms with Crippen molar-refractivity contribution >= 4 is 9.84 Å². The molecule has 0 radical (unpaired) electrons. The summed E-state index contributed by atoms with van der Waals surface area (Å²) in [6.45, 7) is 37.9. The summed E-state index contributed by atoms with van der Waals surface area (Å²) >= 11 is 0. The first-order chi connectivity index (χ1) is 24.5. The first-order valence-corrected chi connectivity index (χ1v) is 23.5. The zero-order chi connectivity index (χ0) is 40.5. The van der Waals surface area contributed by atoms with Crippen molar-refractivity contribution in [3.8, 4) is 6.07 Å². The minimum atomic E-state index is -2.81. The molecule has 8 nitrogen and oxygen atoms in total. The quantitative estimate of drug-likeness (QED) is 0.265. The average molecular weight is 768 g/mol. The summed E-state index contributed by atoms with van der Waals surface area (Å²) in [5, 5.41) is 17.3. The lowest BCUT2D eigenvalue weighted by molar-refractivity contribution is 0.114. The fourth-order valence-corrected chi connectivity index (χ4v) is 9.00. The molecular formula is C44H89N5O3S. The van der Waals surface area contributed by atoms with Crippen LogP contribution in [0.3, 0.4) is 0 Å². The summed E-state index contributed by atoms with van der Waals surface area (Å²) < 4.78 is 22.1. The normalized spacial score (nSPS) is 21.8. The number of aliphatic hydroxyl groups is 1. The number of sulfone groups is 1. The van der Waals surface area contributed by atoms with Crippen LogP contribution in [0.5, 0.6) is 0 Å². The van der Waals surface area contributed by atoms with Crippen LogP contribution in [0.2, 0.25) is 0 Å². The number of aliphatic hydroxyl groups excluding tert-OH is 1. The minimum absolute atomic E-state index is 0.299. The van der Waals surface area contributed by atoms with Gasteiger partial charge in [-0.3, -0.25) is 0 Å². The summed E-state index contributed by atoms with van der Waals surface area (Å²) in [5.41, 5.74) is 1.38. The molecule has 4 saturated heterocycles. The number of likely N-dealkylation sites (tertiary alicyclic amines) is 4. The molecule has 9 heteroatoms. The van der Waals surface area contributed by atoms with Crippen molar-refractivity contribution in [3.05, 3.63) is 0 Å². The van der Waals surface area contributed by atoms with E-state index in [1.807, 2.05) is 0 Å². The van der Waals surface area contributed by atoms with Gasteiger partial charge in [-0.05, 0) is 157 Å². The van der Waals surface area contributed by atoms with E-state index in [0.29, 0.717) is 41.6 Å². The first kappa shape index (κ1) is 50.3. The number of hydrogen-bond acceptors (Lipinski definition) is 8. The van der Waals surface area contributed by atoms with Gasteiger partial charge in [0.05, 0.1) is 18.4 Å². The van der Waals surface area contributed by atoms with E-state index >= 15 is 0 Å². The van der Waals surface area contributed by atoms with Crippen LogP contribution >= 0.6 is 0 Å². The van der Waals surface area contributed by atoms with Gasteiger partial charge in [-0.1, -0.05) is 76.2 Å². The highest BCUT2D eigenvalue weighted by atomic mass is 32.2. The van der Waals surface area contributed by atoms with Gasteiger partial charge >= 0.3 is 0 Å². The van der Waals surface area contributed by atoms with Crippen molar-refractivity contribution in [2.24, 2.45) is 45.8 Å². The lowest BCUT2D eigenvalue weighted by Gasteiger charge is -2.38. The molecule has 1 N–H and O–H groups in total. The van der Waals surface area contributed by atoms with E-state index in [1.54, 1.807) is 0 Å². The van der Waals surface area contributed by atoms with Crippen molar-refractivity contribution in [3.63, 3.8) is 0 Å². The largest absolute Gasteiger partial charge is 0.395 e. The molecule has 0 bridgehead atoms. The molecule has 0 unspecified atom stereocenters. The SMILES string of the molecule is CC(C)(C)C1CCN(CCC#N)CC1.CC(C)(C)C1CCN(CCS(C)(=O)=O)CC1.CC(C)C1CCN(CCO)CC1.CN1CCC(C(C)(C)C)CC1. The predicted molar refractivity (Wildman–Crippen MR) is 228 cm³/mol. The van der Waals surface area contributed by atoms with E-state index in [2.05, 4.69) is 109 Å². The van der Waals surface area contributed by atoms with Gasteiger partial charge in [0.1, 0.15) is 9.84 Å². The van der Waals surface area contributed by atoms with E-state index < -0.39 is 9.84 Å². The van der Waals surface area contributed by atoms with Gasteiger partial charge in [-0.2, -0.15) is 5.26 Å². The van der Waals surface area contributed by atoms with E-state index in [9.17, 15) is 8.42 Å². The van der Waals surface area contributed by atoms with E-state index in [0.717, 1.165) is 55.8 Å². The maximum Gasteiger partial charge on any atom is 0.148 e. The molecule has 314 valence electrons. The van der Waals surface area contributed by atoms with Crippen molar-refractivity contribution in [1.82, 2.24) is 19.6 Å². The summed E-state index contributed by atoms with van der Waals surface area (Å²) in [5.74, 6) is 4.63. The summed E-state index contributed by atoms with van der Waals surface area (Å²) in [4.78, 5) is 9.50. The number of nitrogens with zero attached hydrogens (tertiary/aromatic N) is 5. The molecule has 0 saturated carbocycles. The topological polar surface area (TPSA) is 91.1 Å². The van der Waals surface area contributed by atoms with Crippen LogP contribution < -0.4 is 0 Å². The maximum absolute atomic E-state index is 11.1. The molecular weight excluding hydrogens is 679 g/mol. The van der Waals surface area contributed by atoms with Crippen LogP contribution in [-0.4, -0.2) is 131 Å². The van der Waals surface area contributed by atoms with Crippen molar-refractivity contribution in [1.29, 1.82) is 5.26 Å². The second kappa shape index (κ2) is 24.1. The smallest absolute Gasteiger partial charge is 0.148 e. The highest BCUT2D eigenvalue weighted by Gasteiger charge is 2.30. The third-order valence-corrected chi connectivity index (χ3v) is 13.8. The molecule has 0 spiro atoms.